The second-order valence-electron chi connectivity index (χ2n) is 5.03. The molecule has 0 unspecified atom stereocenters. The summed E-state index contributed by atoms with van der Waals surface area (Å²) in [4.78, 5) is 9.48. The Balaban J connectivity index is 1.75. The number of fused-ring (bicyclic) bond motifs is 2. The Morgan fingerprint density at radius 1 is 1.10 bits per heavy atom. The molecule has 0 saturated carbocycles. The van der Waals surface area contributed by atoms with Gasteiger partial charge in [-0.2, -0.15) is 4.98 Å². The van der Waals surface area contributed by atoms with E-state index in [0.717, 1.165) is 21.7 Å². The predicted octanol–water partition coefficient (Wildman–Crippen LogP) is 3.51. The van der Waals surface area contributed by atoms with Gasteiger partial charge in [0.2, 0.25) is 5.95 Å². The van der Waals surface area contributed by atoms with E-state index in [-0.39, 0.29) is 0 Å². The first-order chi connectivity index (χ1) is 9.79. The molecule has 0 radical (unpaired) electrons. The van der Waals surface area contributed by atoms with Crippen molar-refractivity contribution in [2.75, 3.05) is 11.1 Å². The van der Waals surface area contributed by atoms with Crippen LogP contribution in [0.4, 0.5) is 17.5 Å². The molecule has 0 amide bonds. The van der Waals surface area contributed by atoms with Gasteiger partial charge in [0.25, 0.3) is 0 Å². The molecular formula is C15H14N4S. The highest BCUT2D eigenvalue weighted by molar-refractivity contribution is 7.16. The molecule has 0 saturated heterocycles. The van der Waals surface area contributed by atoms with Crippen LogP contribution >= 0.6 is 11.3 Å². The maximum Gasteiger partial charge on any atom is 0.223 e. The number of nitrogen functional groups attached to an aromatic ring is 1. The van der Waals surface area contributed by atoms with Crippen LogP contribution in [0.5, 0.6) is 0 Å². The average Bonchev–Trinajstić information content (AvgIpc) is 3.05. The number of nitrogens with zero attached hydrogens (tertiary/aromatic N) is 2. The zero-order valence-electron chi connectivity index (χ0n) is 10.9. The third kappa shape index (κ3) is 1.91. The molecule has 20 heavy (non-hydrogen) atoms. The molecule has 0 spiro atoms. The van der Waals surface area contributed by atoms with Gasteiger partial charge in [-0.1, -0.05) is 6.07 Å². The Morgan fingerprint density at radius 2 is 2.00 bits per heavy atom. The standard InChI is InChI=1S/C15H14N4S/c16-15-18-13(12-6-7-20-14(12)19-15)17-11-5-4-9-2-1-3-10(9)8-11/h4-8H,1-3H2,(H3,16,17,18,19). The lowest BCUT2D eigenvalue weighted by molar-refractivity contribution is 0.912. The number of nitrogens with one attached hydrogen (secondary N) is 1. The third-order valence-electron chi connectivity index (χ3n) is 3.70. The lowest BCUT2D eigenvalue weighted by Crippen LogP contribution is -2.00. The van der Waals surface area contributed by atoms with Gasteiger partial charge in [-0.25, -0.2) is 4.98 Å². The molecule has 5 heteroatoms. The van der Waals surface area contributed by atoms with Crippen LogP contribution in [0.25, 0.3) is 10.2 Å². The zero-order chi connectivity index (χ0) is 13.5. The SMILES string of the molecule is Nc1nc(Nc2ccc3c(c2)CCC3)c2ccsc2n1. The summed E-state index contributed by atoms with van der Waals surface area (Å²) in [6.45, 7) is 0. The highest BCUT2D eigenvalue weighted by Gasteiger charge is 2.12. The monoisotopic (exact) mass is 282 g/mol. The quantitative estimate of drug-likeness (QED) is 0.755. The van der Waals surface area contributed by atoms with Crippen molar-refractivity contribution in [1.82, 2.24) is 9.97 Å². The van der Waals surface area contributed by atoms with E-state index in [0.29, 0.717) is 5.95 Å². The summed E-state index contributed by atoms with van der Waals surface area (Å²) in [7, 11) is 0. The van der Waals surface area contributed by atoms with Gasteiger partial charge < -0.3 is 11.1 Å². The second-order valence-corrected chi connectivity index (χ2v) is 5.93. The van der Waals surface area contributed by atoms with Crippen LogP contribution in [0.15, 0.2) is 29.6 Å². The second kappa shape index (κ2) is 4.45. The number of rotatable bonds is 2. The topological polar surface area (TPSA) is 63.8 Å². The molecule has 0 aliphatic heterocycles. The molecule has 1 aliphatic rings. The summed E-state index contributed by atoms with van der Waals surface area (Å²) in [6.07, 6.45) is 3.63. The molecule has 1 aromatic carbocycles. The predicted molar refractivity (Wildman–Crippen MR) is 83.6 cm³/mol. The van der Waals surface area contributed by atoms with E-state index in [9.17, 15) is 0 Å². The van der Waals surface area contributed by atoms with E-state index in [1.807, 2.05) is 11.4 Å². The summed E-state index contributed by atoms with van der Waals surface area (Å²) >= 11 is 1.58. The molecular weight excluding hydrogens is 268 g/mol. The number of aromatic nitrogens is 2. The minimum atomic E-state index is 0.309. The largest absolute Gasteiger partial charge is 0.368 e. The molecule has 4 nitrogen and oxygen atoms in total. The van der Waals surface area contributed by atoms with Crippen molar-refractivity contribution in [2.45, 2.75) is 19.3 Å². The van der Waals surface area contributed by atoms with Gasteiger partial charge in [-0.3, -0.25) is 0 Å². The van der Waals surface area contributed by atoms with Gasteiger partial charge in [0, 0.05) is 5.69 Å². The molecule has 4 rings (SSSR count). The fourth-order valence-corrected chi connectivity index (χ4v) is 3.52. The number of benzene rings is 1. The lowest BCUT2D eigenvalue weighted by Gasteiger charge is -2.09. The van der Waals surface area contributed by atoms with Crippen LogP contribution in [0.3, 0.4) is 0 Å². The average molecular weight is 282 g/mol. The summed E-state index contributed by atoms with van der Waals surface area (Å²) in [5.74, 6) is 1.09. The van der Waals surface area contributed by atoms with Crippen LogP contribution in [0.2, 0.25) is 0 Å². The van der Waals surface area contributed by atoms with Crippen LogP contribution in [0, 0.1) is 0 Å². The van der Waals surface area contributed by atoms with E-state index in [2.05, 4.69) is 33.5 Å². The molecule has 3 N–H and O–H groups in total. The number of hydrogen-bond donors (Lipinski definition) is 2. The Kier molecular flexibility index (Phi) is 2.60. The van der Waals surface area contributed by atoms with Gasteiger partial charge >= 0.3 is 0 Å². The van der Waals surface area contributed by atoms with E-state index in [1.165, 1.54) is 30.4 Å². The normalized spacial score (nSPS) is 13.6. The minimum Gasteiger partial charge on any atom is -0.368 e. The first-order valence-corrected chi connectivity index (χ1v) is 7.57. The molecule has 3 aromatic rings. The minimum absolute atomic E-state index is 0.309. The highest BCUT2D eigenvalue weighted by Crippen LogP contribution is 2.30. The fraction of sp³-hybridized carbons (Fsp3) is 0.200. The van der Waals surface area contributed by atoms with Crippen LogP contribution in [-0.2, 0) is 12.8 Å². The van der Waals surface area contributed by atoms with Gasteiger partial charge in [0.15, 0.2) is 0 Å². The van der Waals surface area contributed by atoms with Crippen molar-refractivity contribution in [3.8, 4) is 0 Å². The highest BCUT2D eigenvalue weighted by atomic mass is 32.1. The van der Waals surface area contributed by atoms with E-state index >= 15 is 0 Å². The zero-order valence-corrected chi connectivity index (χ0v) is 11.7. The van der Waals surface area contributed by atoms with Crippen molar-refractivity contribution in [2.24, 2.45) is 0 Å². The van der Waals surface area contributed by atoms with Gasteiger partial charge in [-0.15, -0.1) is 11.3 Å². The summed E-state index contributed by atoms with van der Waals surface area (Å²) in [6, 6.07) is 8.56. The molecule has 2 heterocycles. The summed E-state index contributed by atoms with van der Waals surface area (Å²) in [5.41, 5.74) is 9.75. The van der Waals surface area contributed by atoms with Crippen molar-refractivity contribution >= 4 is 39.0 Å². The van der Waals surface area contributed by atoms with Crippen LogP contribution < -0.4 is 11.1 Å². The maximum atomic E-state index is 5.77. The van der Waals surface area contributed by atoms with Crippen LogP contribution in [0.1, 0.15) is 17.5 Å². The first-order valence-electron chi connectivity index (χ1n) is 6.69. The van der Waals surface area contributed by atoms with Crippen molar-refractivity contribution in [1.29, 1.82) is 0 Å². The Morgan fingerprint density at radius 3 is 2.95 bits per heavy atom. The molecule has 2 aromatic heterocycles. The lowest BCUT2D eigenvalue weighted by atomic mass is 10.1. The molecule has 1 aliphatic carbocycles. The van der Waals surface area contributed by atoms with E-state index in [4.69, 9.17) is 5.73 Å². The van der Waals surface area contributed by atoms with Gasteiger partial charge in [-0.05, 0) is 54.0 Å². The van der Waals surface area contributed by atoms with Crippen LogP contribution in [-0.4, -0.2) is 9.97 Å². The van der Waals surface area contributed by atoms with Crippen molar-refractivity contribution in [3.05, 3.63) is 40.8 Å². The van der Waals surface area contributed by atoms with Gasteiger partial charge in [0.1, 0.15) is 10.6 Å². The number of thiophene rings is 1. The number of nitrogens with two attached hydrogens (primary N) is 1. The molecule has 0 fully saturated rings. The Labute approximate surface area is 120 Å². The van der Waals surface area contributed by atoms with E-state index in [1.54, 1.807) is 11.3 Å². The summed E-state index contributed by atoms with van der Waals surface area (Å²) < 4.78 is 0. The molecule has 0 atom stereocenters. The Hall–Kier alpha value is -2.14. The third-order valence-corrected chi connectivity index (χ3v) is 4.51. The number of aryl methyl sites for hydroxylation is 2. The fourth-order valence-electron chi connectivity index (χ4n) is 2.75. The number of anilines is 3. The first kappa shape index (κ1) is 11.7. The smallest absolute Gasteiger partial charge is 0.223 e. The van der Waals surface area contributed by atoms with Crippen molar-refractivity contribution < 1.29 is 0 Å². The Bertz CT molecular complexity index is 794. The molecule has 100 valence electrons. The van der Waals surface area contributed by atoms with Crippen molar-refractivity contribution in [3.63, 3.8) is 0 Å². The van der Waals surface area contributed by atoms with E-state index < -0.39 is 0 Å². The number of hydrogen-bond acceptors (Lipinski definition) is 5. The molecule has 0 bridgehead atoms. The van der Waals surface area contributed by atoms with Gasteiger partial charge in [0.05, 0.1) is 5.39 Å². The summed E-state index contributed by atoms with van der Waals surface area (Å²) in [5, 5.41) is 6.40. The maximum absolute atomic E-state index is 5.77.